The van der Waals surface area contributed by atoms with E-state index in [2.05, 4.69) is 23.4 Å². The van der Waals surface area contributed by atoms with Gasteiger partial charge in [-0.2, -0.15) is 0 Å². The third kappa shape index (κ3) is 4.88. The number of benzene rings is 2. The molecule has 0 aromatic heterocycles. The number of nitrogens with zero attached hydrogens (tertiary/aromatic N) is 1. The summed E-state index contributed by atoms with van der Waals surface area (Å²) in [6, 6.07) is 13.3. The highest BCUT2D eigenvalue weighted by atomic mass is 32.2. The lowest BCUT2D eigenvalue weighted by Gasteiger charge is -2.37. The van der Waals surface area contributed by atoms with Crippen molar-refractivity contribution in [2.24, 2.45) is 5.92 Å². The maximum Gasteiger partial charge on any atom is 0.128 e. The average Bonchev–Trinajstić information content (AvgIpc) is 2.72. The zero-order valence-electron chi connectivity index (χ0n) is 17.3. The molecule has 2 heterocycles. The molecule has 4 rings (SSSR count). The second kappa shape index (κ2) is 9.77. The van der Waals surface area contributed by atoms with Gasteiger partial charge in [-0.25, -0.2) is 13.1 Å². The smallest absolute Gasteiger partial charge is 0.128 e. The predicted molar refractivity (Wildman–Crippen MR) is 116 cm³/mol. The van der Waals surface area contributed by atoms with Crippen LogP contribution in [-0.2, 0) is 11.3 Å². The fourth-order valence-corrected chi connectivity index (χ4v) is 5.65. The van der Waals surface area contributed by atoms with Crippen LogP contribution in [0.5, 0.6) is 0 Å². The van der Waals surface area contributed by atoms with Crippen LogP contribution in [-0.4, -0.2) is 35.3 Å². The number of aliphatic hydroxyl groups excluding tert-OH is 1. The summed E-state index contributed by atoms with van der Waals surface area (Å²) < 4.78 is 37.2. The predicted octanol–water partition coefficient (Wildman–Crippen LogP) is 5.45. The van der Waals surface area contributed by atoms with E-state index >= 15 is 0 Å². The van der Waals surface area contributed by atoms with Gasteiger partial charge in [-0.15, -0.1) is 0 Å². The maximum atomic E-state index is 15.0. The molecule has 1 N–H and O–H groups in total. The van der Waals surface area contributed by atoms with Crippen LogP contribution in [0.25, 0.3) is 0 Å². The lowest BCUT2D eigenvalue weighted by molar-refractivity contribution is -0.0406. The van der Waals surface area contributed by atoms with Gasteiger partial charge in [0.1, 0.15) is 11.6 Å². The van der Waals surface area contributed by atoms with Crippen LogP contribution < -0.4 is 0 Å². The van der Waals surface area contributed by atoms with Gasteiger partial charge >= 0.3 is 0 Å². The van der Waals surface area contributed by atoms with E-state index in [1.807, 2.05) is 18.2 Å². The summed E-state index contributed by atoms with van der Waals surface area (Å²) in [7, 11) is 0. The Morgan fingerprint density at radius 2 is 1.90 bits per heavy atom. The summed E-state index contributed by atoms with van der Waals surface area (Å²) in [6.45, 7) is 3.57. The first-order chi connectivity index (χ1) is 14.5. The molecule has 0 radical (unpaired) electrons. The Morgan fingerprint density at radius 1 is 1.13 bits per heavy atom. The van der Waals surface area contributed by atoms with Crippen LogP contribution in [0.3, 0.4) is 0 Å². The number of halogens is 2. The maximum absolute atomic E-state index is 15.0. The molecule has 0 bridgehead atoms. The normalized spacial score (nSPS) is 23.9. The van der Waals surface area contributed by atoms with Gasteiger partial charge in [0.05, 0.1) is 19.8 Å². The summed E-state index contributed by atoms with van der Waals surface area (Å²) in [5, 5.41) is 10.1. The first-order valence-electron chi connectivity index (χ1n) is 10.7. The molecule has 0 amide bonds. The zero-order valence-corrected chi connectivity index (χ0v) is 18.1. The van der Waals surface area contributed by atoms with Gasteiger partial charge in [-0.1, -0.05) is 42.3 Å². The molecule has 3 nitrogen and oxygen atoms in total. The van der Waals surface area contributed by atoms with Crippen LogP contribution in [0.2, 0.25) is 0 Å². The van der Waals surface area contributed by atoms with E-state index in [9.17, 15) is 13.9 Å². The molecule has 0 spiro atoms. The third-order valence-electron chi connectivity index (χ3n) is 6.25. The van der Waals surface area contributed by atoms with Crippen molar-refractivity contribution in [1.29, 1.82) is 0 Å². The largest absolute Gasteiger partial charge is 0.396 e. The topological polar surface area (TPSA) is 32.7 Å². The molecule has 2 fully saturated rings. The molecular formula is C24H29F2NO2S. The molecule has 2 aliphatic rings. The molecule has 2 unspecified atom stereocenters. The van der Waals surface area contributed by atoms with Crippen LogP contribution in [0.15, 0.2) is 42.5 Å². The van der Waals surface area contributed by atoms with E-state index in [1.165, 1.54) is 17.7 Å². The Morgan fingerprint density at radius 3 is 2.57 bits per heavy atom. The van der Waals surface area contributed by atoms with Crippen LogP contribution >= 0.6 is 11.9 Å². The van der Waals surface area contributed by atoms with Gasteiger partial charge in [0.15, 0.2) is 0 Å². The number of hydrogen-bond donors (Lipinski definition) is 1. The SMILES string of the molecule is C[C@H]1CCC(c2ccccc2)SN1Cc1cc(F)c(C(CO)CC2COC2)cc1F. The van der Waals surface area contributed by atoms with E-state index in [4.69, 9.17) is 4.74 Å². The molecule has 2 aliphatic heterocycles. The van der Waals surface area contributed by atoms with Crippen molar-refractivity contribution in [3.05, 3.63) is 70.8 Å². The summed E-state index contributed by atoms with van der Waals surface area (Å²) in [6.07, 6.45) is 2.71. The first kappa shape index (κ1) is 21.8. The van der Waals surface area contributed by atoms with Gasteiger partial charge < -0.3 is 9.84 Å². The molecule has 162 valence electrons. The number of aliphatic hydroxyl groups is 1. The minimum Gasteiger partial charge on any atom is -0.396 e. The molecule has 2 saturated heterocycles. The summed E-state index contributed by atoms with van der Waals surface area (Å²) in [5.74, 6) is -0.915. The van der Waals surface area contributed by atoms with Crippen molar-refractivity contribution < 1.29 is 18.6 Å². The fourth-order valence-electron chi connectivity index (χ4n) is 4.27. The van der Waals surface area contributed by atoms with E-state index in [0.717, 1.165) is 12.8 Å². The summed E-state index contributed by atoms with van der Waals surface area (Å²) in [5.41, 5.74) is 1.91. The molecular weight excluding hydrogens is 404 g/mol. The standard InChI is InChI=1S/C24H29F2NO2S/c1-16-7-8-24(18-5-3-2-4-6-18)30-27(16)12-19-10-23(26)21(11-22(19)25)20(13-28)9-17-14-29-15-17/h2-6,10-11,16-17,20,24,28H,7-9,12-15H2,1H3/t16-,20?,24?/m0/s1. The third-order valence-corrected chi connectivity index (χ3v) is 7.77. The van der Waals surface area contributed by atoms with E-state index in [-0.39, 0.29) is 12.2 Å². The summed E-state index contributed by atoms with van der Waals surface area (Å²) >= 11 is 1.73. The van der Waals surface area contributed by atoms with Crippen molar-refractivity contribution >= 4 is 11.9 Å². The lowest BCUT2D eigenvalue weighted by atomic mass is 9.87. The zero-order chi connectivity index (χ0) is 21.1. The molecule has 2 aromatic rings. The molecule has 2 aromatic carbocycles. The Hall–Kier alpha value is -1.47. The molecule has 0 aliphatic carbocycles. The van der Waals surface area contributed by atoms with Gasteiger partial charge in [0.25, 0.3) is 0 Å². The second-order valence-corrected chi connectivity index (χ2v) is 9.74. The Labute approximate surface area is 181 Å². The molecule has 30 heavy (non-hydrogen) atoms. The minimum absolute atomic E-state index is 0.191. The van der Waals surface area contributed by atoms with Crippen molar-refractivity contribution in [1.82, 2.24) is 4.31 Å². The lowest BCUT2D eigenvalue weighted by Crippen LogP contribution is -2.32. The fraction of sp³-hybridized carbons (Fsp3) is 0.500. The Bertz CT molecular complexity index is 847. The highest BCUT2D eigenvalue weighted by Gasteiger charge is 2.30. The number of ether oxygens (including phenoxy) is 1. The van der Waals surface area contributed by atoms with Crippen molar-refractivity contribution in [3.63, 3.8) is 0 Å². The monoisotopic (exact) mass is 433 g/mol. The van der Waals surface area contributed by atoms with E-state index in [1.54, 1.807) is 11.9 Å². The van der Waals surface area contributed by atoms with E-state index in [0.29, 0.717) is 49.0 Å². The molecule has 6 heteroatoms. The molecule has 0 saturated carbocycles. The highest BCUT2D eigenvalue weighted by Crippen LogP contribution is 2.43. The Balaban J connectivity index is 1.48. The van der Waals surface area contributed by atoms with Crippen LogP contribution in [0, 0.1) is 17.6 Å². The number of rotatable bonds is 7. The minimum atomic E-state index is -0.431. The van der Waals surface area contributed by atoms with Gasteiger partial charge in [0, 0.05) is 35.2 Å². The first-order valence-corrected chi connectivity index (χ1v) is 11.5. The van der Waals surface area contributed by atoms with Crippen molar-refractivity contribution in [2.75, 3.05) is 19.8 Å². The van der Waals surface area contributed by atoms with E-state index < -0.39 is 17.6 Å². The average molecular weight is 434 g/mol. The number of hydrogen-bond acceptors (Lipinski definition) is 4. The highest BCUT2D eigenvalue weighted by molar-refractivity contribution is 7.97. The Kier molecular flexibility index (Phi) is 7.08. The van der Waals surface area contributed by atoms with Gasteiger partial charge in [-0.3, -0.25) is 0 Å². The van der Waals surface area contributed by atoms with Crippen LogP contribution in [0.4, 0.5) is 8.78 Å². The van der Waals surface area contributed by atoms with Crippen molar-refractivity contribution in [2.45, 2.75) is 49.9 Å². The second-order valence-electron chi connectivity index (χ2n) is 8.49. The summed E-state index contributed by atoms with van der Waals surface area (Å²) in [4.78, 5) is 0. The van der Waals surface area contributed by atoms with Crippen LogP contribution in [0.1, 0.15) is 54.0 Å². The van der Waals surface area contributed by atoms with Gasteiger partial charge in [0.2, 0.25) is 0 Å². The molecule has 3 atom stereocenters. The van der Waals surface area contributed by atoms with Crippen molar-refractivity contribution in [3.8, 4) is 0 Å². The van der Waals surface area contributed by atoms with Gasteiger partial charge in [-0.05, 0) is 49.4 Å². The quantitative estimate of drug-likeness (QED) is 0.589.